The zero-order chi connectivity index (χ0) is 13.4. The van der Waals surface area contributed by atoms with E-state index in [1.165, 1.54) is 5.56 Å². The van der Waals surface area contributed by atoms with E-state index in [9.17, 15) is 0 Å². The molecule has 1 aromatic heterocycles. The second kappa shape index (κ2) is 4.43. The lowest BCUT2D eigenvalue weighted by molar-refractivity contribution is 0.619. The van der Waals surface area contributed by atoms with Crippen molar-refractivity contribution in [2.24, 2.45) is 0 Å². The molecule has 0 amide bonds. The molecular weight excluding hydrogens is 236 g/mol. The summed E-state index contributed by atoms with van der Waals surface area (Å²) in [6.07, 6.45) is 0.995. The third kappa shape index (κ3) is 1.97. The third-order valence-corrected chi connectivity index (χ3v) is 3.47. The monoisotopic (exact) mass is 252 g/mol. The lowest BCUT2D eigenvalue weighted by Crippen LogP contribution is -1.91. The second-order valence-corrected chi connectivity index (χ2v) is 4.69. The average Bonchev–Trinajstić information content (AvgIpc) is 2.84. The van der Waals surface area contributed by atoms with E-state index in [4.69, 9.17) is 10.2 Å². The smallest absolute Gasteiger partial charge is 0.227 e. The van der Waals surface area contributed by atoms with Crippen molar-refractivity contribution in [2.75, 3.05) is 5.73 Å². The molecule has 0 saturated heterocycles. The summed E-state index contributed by atoms with van der Waals surface area (Å²) in [7, 11) is 0. The van der Waals surface area contributed by atoms with Crippen LogP contribution in [-0.4, -0.2) is 4.98 Å². The van der Waals surface area contributed by atoms with E-state index >= 15 is 0 Å². The summed E-state index contributed by atoms with van der Waals surface area (Å²) in [5.74, 6) is 0.632. The van der Waals surface area contributed by atoms with Crippen LogP contribution in [0.3, 0.4) is 0 Å². The molecule has 0 saturated carbocycles. The number of fused-ring (bicyclic) bond motifs is 1. The summed E-state index contributed by atoms with van der Waals surface area (Å²) >= 11 is 0. The molecule has 0 radical (unpaired) electrons. The molecule has 1 heterocycles. The van der Waals surface area contributed by atoms with Crippen molar-refractivity contribution in [3.05, 3.63) is 47.5 Å². The molecule has 0 bridgehead atoms. The van der Waals surface area contributed by atoms with Crippen LogP contribution in [-0.2, 0) is 6.42 Å². The van der Waals surface area contributed by atoms with Gasteiger partial charge in [0, 0.05) is 11.3 Å². The molecule has 3 aromatic rings. The Morgan fingerprint density at radius 2 is 2.05 bits per heavy atom. The number of hydrogen-bond acceptors (Lipinski definition) is 3. The molecule has 96 valence electrons. The molecule has 0 aliphatic carbocycles. The first-order valence-corrected chi connectivity index (χ1v) is 6.44. The Bertz CT molecular complexity index is 744. The molecule has 0 aliphatic rings. The van der Waals surface area contributed by atoms with Gasteiger partial charge < -0.3 is 10.2 Å². The Hall–Kier alpha value is -2.29. The molecule has 3 heteroatoms. The van der Waals surface area contributed by atoms with Crippen molar-refractivity contribution < 1.29 is 4.42 Å². The van der Waals surface area contributed by atoms with E-state index in [1.807, 2.05) is 31.2 Å². The first kappa shape index (κ1) is 11.8. The summed E-state index contributed by atoms with van der Waals surface area (Å²) in [6.45, 7) is 4.11. The summed E-state index contributed by atoms with van der Waals surface area (Å²) < 4.78 is 5.82. The SMILES string of the molecule is CCc1ccc2oc(-c3cccc(N)c3C)nc2c1. The van der Waals surface area contributed by atoms with E-state index in [0.717, 1.165) is 34.3 Å². The van der Waals surface area contributed by atoms with E-state index in [0.29, 0.717) is 5.89 Å². The van der Waals surface area contributed by atoms with Crippen molar-refractivity contribution in [1.82, 2.24) is 4.98 Å². The third-order valence-electron chi connectivity index (χ3n) is 3.47. The highest BCUT2D eigenvalue weighted by Gasteiger charge is 2.11. The minimum Gasteiger partial charge on any atom is -0.436 e. The lowest BCUT2D eigenvalue weighted by Gasteiger charge is -2.03. The van der Waals surface area contributed by atoms with Gasteiger partial charge in [-0.05, 0) is 48.7 Å². The highest BCUT2D eigenvalue weighted by molar-refractivity contribution is 5.78. The Labute approximate surface area is 112 Å². The van der Waals surface area contributed by atoms with E-state index in [2.05, 4.69) is 24.0 Å². The van der Waals surface area contributed by atoms with E-state index in [-0.39, 0.29) is 0 Å². The number of anilines is 1. The largest absolute Gasteiger partial charge is 0.436 e. The molecule has 0 unspecified atom stereocenters. The average molecular weight is 252 g/mol. The van der Waals surface area contributed by atoms with Crippen LogP contribution >= 0.6 is 0 Å². The van der Waals surface area contributed by atoms with Gasteiger partial charge in [-0.3, -0.25) is 0 Å². The van der Waals surface area contributed by atoms with Crippen molar-refractivity contribution in [3.63, 3.8) is 0 Å². The predicted octanol–water partition coefficient (Wildman–Crippen LogP) is 3.95. The fourth-order valence-corrected chi connectivity index (χ4v) is 2.19. The zero-order valence-corrected chi connectivity index (χ0v) is 11.1. The Kier molecular flexibility index (Phi) is 2.75. The Balaban J connectivity index is 2.18. The van der Waals surface area contributed by atoms with Crippen LogP contribution in [0.4, 0.5) is 5.69 Å². The number of aromatic nitrogens is 1. The van der Waals surface area contributed by atoms with Crippen molar-refractivity contribution >= 4 is 16.8 Å². The van der Waals surface area contributed by atoms with E-state index in [1.54, 1.807) is 0 Å². The van der Waals surface area contributed by atoms with Crippen molar-refractivity contribution in [2.45, 2.75) is 20.3 Å². The van der Waals surface area contributed by atoms with Crippen LogP contribution in [0.2, 0.25) is 0 Å². The molecule has 2 aromatic carbocycles. The fraction of sp³-hybridized carbons (Fsp3) is 0.188. The van der Waals surface area contributed by atoms with E-state index < -0.39 is 0 Å². The number of aryl methyl sites for hydroxylation is 1. The van der Waals surface area contributed by atoms with Crippen molar-refractivity contribution in [1.29, 1.82) is 0 Å². The van der Waals surface area contributed by atoms with Gasteiger partial charge in [0.05, 0.1) is 0 Å². The van der Waals surface area contributed by atoms with Crippen LogP contribution in [0, 0.1) is 6.92 Å². The minimum absolute atomic E-state index is 0.632. The zero-order valence-electron chi connectivity index (χ0n) is 11.1. The first-order valence-electron chi connectivity index (χ1n) is 6.44. The fourth-order valence-electron chi connectivity index (χ4n) is 2.19. The van der Waals surface area contributed by atoms with Gasteiger partial charge in [0.1, 0.15) is 5.52 Å². The van der Waals surface area contributed by atoms with Gasteiger partial charge in [0.25, 0.3) is 0 Å². The number of rotatable bonds is 2. The first-order chi connectivity index (χ1) is 9.19. The van der Waals surface area contributed by atoms with Gasteiger partial charge >= 0.3 is 0 Å². The summed E-state index contributed by atoms with van der Waals surface area (Å²) in [5.41, 5.74) is 11.6. The molecule has 0 fully saturated rings. The maximum atomic E-state index is 5.93. The Morgan fingerprint density at radius 1 is 1.21 bits per heavy atom. The van der Waals surface area contributed by atoms with Gasteiger partial charge in [-0.15, -0.1) is 0 Å². The maximum Gasteiger partial charge on any atom is 0.227 e. The quantitative estimate of drug-likeness (QED) is 0.702. The predicted molar refractivity (Wildman–Crippen MR) is 78.0 cm³/mol. The molecular formula is C16H16N2O. The van der Waals surface area contributed by atoms with Gasteiger partial charge in [-0.2, -0.15) is 0 Å². The topological polar surface area (TPSA) is 52.0 Å². The molecule has 19 heavy (non-hydrogen) atoms. The van der Waals surface area contributed by atoms with Crippen LogP contribution in [0.5, 0.6) is 0 Å². The summed E-state index contributed by atoms with van der Waals surface area (Å²) in [5, 5.41) is 0. The van der Waals surface area contributed by atoms with Crippen LogP contribution in [0.15, 0.2) is 40.8 Å². The second-order valence-electron chi connectivity index (χ2n) is 4.69. The number of oxazole rings is 1. The Morgan fingerprint density at radius 3 is 2.84 bits per heavy atom. The highest BCUT2D eigenvalue weighted by atomic mass is 16.3. The standard InChI is InChI=1S/C16H16N2O/c1-3-11-7-8-15-14(9-11)18-16(19-15)12-5-4-6-13(17)10(12)2/h4-9H,3,17H2,1-2H3. The highest BCUT2D eigenvalue weighted by Crippen LogP contribution is 2.29. The molecule has 3 nitrogen and oxygen atoms in total. The van der Waals surface area contributed by atoms with Gasteiger partial charge in [-0.25, -0.2) is 4.98 Å². The number of nitrogen functional groups attached to an aromatic ring is 1. The van der Waals surface area contributed by atoms with Crippen LogP contribution < -0.4 is 5.73 Å². The van der Waals surface area contributed by atoms with Gasteiger partial charge in [-0.1, -0.05) is 19.1 Å². The number of benzene rings is 2. The lowest BCUT2D eigenvalue weighted by atomic mass is 10.1. The van der Waals surface area contributed by atoms with Crippen LogP contribution in [0.25, 0.3) is 22.6 Å². The number of nitrogens with two attached hydrogens (primary N) is 1. The van der Waals surface area contributed by atoms with Crippen LogP contribution in [0.1, 0.15) is 18.1 Å². The summed E-state index contributed by atoms with van der Waals surface area (Å²) in [6, 6.07) is 11.9. The van der Waals surface area contributed by atoms with Gasteiger partial charge in [0.2, 0.25) is 5.89 Å². The molecule has 3 rings (SSSR count). The molecule has 0 aliphatic heterocycles. The molecule has 0 spiro atoms. The summed E-state index contributed by atoms with van der Waals surface area (Å²) in [4.78, 5) is 4.57. The minimum atomic E-state index is 0.632. The van der Waals surface area contributed by atoms with Crippen molar-refractivity contribution in [3.8, 4) is 11.5 Å². The molecule has 0 atom stereocenters. The maximum absolute atomic E-state index is 5.93. The number of nitrogens with zero attached hydrogens (tertiary/aromatic N) is 1. The number of hydrogen-bond donors (Lipinski definition) is 1. The normalized spacial score (nSPS) is 11.1. The molecule has 2 N–H and O–H groups in total. The van der Waals surface area contributed by atoms with Gasteiger partial charge in [0.15, 0.2) is 5.58 Å².